The van der Waals surface area contributed by atoms with Gasteiger partial charge in [-0.15, -0.1) is 0 Å². The summed E-state index contributed by atoms with van der Waals surface area (Å²) >= 11 is 0. The molecule has 0 aromatic heterocycles. The van der Waals surface area contributed by atoms with Crippen LogP contribution in [0.1, 0.15) is 34.3 Å². The highest BCUT2D eigenvalue weighted by Crippen LogP contribution is 2.30. The standard InChI is InChI=1S/C25H23N3O4/c1-32-20-6-4-16-10-15(2-3-17(16)12-20)13-26-19-5-7-21-18(11-19)14-28(25(21)31)22-8-9-23(29)27-24(22)30/h2-7,10-12,22,26H,8-9,13-14H2,1H3,(H,27,29,30). The summed E-state index contributed by atoms with van der Waals surface area (Å²) in [7, 11) is 1.66. The maximum absolute atomic E-state index is 12.8. The molecule has 1 saturated heterocycles. The Bertz CT molecular complexity index is 1250. The van der Waals surface area contributed by atoms with Crippen molar-refractivity contribution in [1.82, 2.24) is 10.2 Å². The van der Waals surface area contributed by atoms with E-state index >= 15 is 0 Å². The molecule has 0 aliphatic carbocycles. The molecule has 7 nitrogen and oxygen atoms in total. The molecule has 2 N–H and O–H groups in total. The van der Waals surface area contributed by atoms with Gasteiger partial charge in [0.25, 0.3) is 5.91 Å². The molecular weight excluding hydrogens is 406 g/mol. The van der Waals surface area contributed by atoms with Crippen molar-refractivity contribution < 1.29 is 19.1 Å². The Morgan fingerprint density at radius 1 is 1.03 bits per heavy atom. The van der Waals surface area contributed by atoms with Crippen molar-refractivity contribution in [3.8, 4) is 5.75 Å². The van der Waals surface area contributed by atoms with Gasteiger partial charge >= 0.3 is 0 Å². The topological polar surface area (TPSA) is 87.7 Å². The quantitative estimate of drug-likeness (QED) is 0.608. The molecule has 0 saturated carbocycles. The Morgan fingerprint density at radius 3 is 2.66 bits per heavy atom. The predicted octanol–water partition coefficient (Wildman–Crippen LogP) is 3.22. The monoisotopic (exact) mass is 429 g/mol. The van der Waals surface area contributed by atoms with Crippen LogP contribution in [0.2, 0.25) is 0 Å². The number of carbonyl (C=O) groups excluding carboxylic acids is 3. The summed E-state index contributed by atoms with van der Waals surface area (Å²) in [6.45, 7) is 1.01. The second kappa shape index (κ2) is 8.00. The highest BCUT2D eigenvalue weighted by atomic mass is 16.5. The lowest BCUT2D eigenvalue weighted by Gasteiger charge is -2.29. The molecule has 2 heterocycles. The van der Waals surface area contributed by atoms with E-state index in [1.807, 2.05) is 30.3 Å². The molecule has 0 spiro atoms. The van der Waals surface area contributed by atoms with E-state index in [9.17, 15) is 14.4 Å². The van der Waals surface area contributed by atoms with E-state index < -0.39 is 11.9 Å². The maximum atomic E-state index is 12.8. The molecule has 3 aromatic carbocycles. The number of fused-ring (bicyclic) bond motifs is 2. The fraction of sp³-hybridized carbons (Fsp3) is 0.240. The molecule has 0 bridgehead atoms. The molecule has 5 rings (SSSR count). The van der Waals surface area contributed by atoms with Gasteiger partial charge in [-0.05, 0) is 64.7 Å². The predicted molar refractivity (Wildman–Crippen MR) is 120 cm³/mol. The molecule has 7 heteroatoms. The molecule has 3 amide bonds. The summed E-state index contributed by atoms with van der Waals surface area (Å²) < 4.78 is 5.28. The van der Waals surface area contributed by atoms with Crippen LogP contribution in [0, 0.1) is 0 Å². The molecular formula is C25H23N3O4. The van der Waals surface area contributed by atoms with Crippen molar-refractivity contribution in [3.63, 3.8) is 0 Å². The Balaban J connectivity index is 1.29. The third-order valence-corrected chi connectivity index (χ3v) is 6.13. The van der Waals surface area contributed by atoms with Crippen molar-refractivity contribution in [2.45, 2.75) is 32.0 Å². The van der Waals surface area contributed by atoms with Crippen molar-refractivity contribution in [3.05, 3.63) is 71.3 Å². The zero-order valence-corrected chi connectivity index (χ0v) is 17.7. The van der Waals surface area contributed by atoms with E-state index in [2.05, 4.69) is 28.8 Å². The number of ether oxygens (including phenoxy) is 1. The second-order valence-corrected chi connectivity index (χ2v) is 8.17. The number of piperidine rings is 1. The molecule has 32 heavy (non-hydrogen) atoms. The molecule has 2 aliphatic heterocycles. The van der Waals surface area contributed by atoms with Gasteiger partial charge in [0.2, 0.25) is 11.8 Å². The lowest BCUT2D eigenvalue weighted by atomic mass is 10.0. The van der Waals surface area contributed by atoms with Crippen LogP contribution >= 0.6 is 0 Å². The van der Waals surface area contributed by atoms with Crippen LogP contribution in [-0.4, -0.2) is 35.8 Å². The number of hydrogen-bond donors (Lipinski definition) is 2. The molecule has 3 aromatic rings. The van der Waals surface area contributed by atoms with Gasteiger partial charge in [0.1, 0.15) is 11.8 Å². The van der Waals surface area contributed by atoms with Crippen molar-refractivity contribution in [2.75, 3.05) is 12.4 Å². The van der Waals surface area contributed by atoms with Gasteiger partial charge in [-0.1, -0.05) is 18.2 Å². The summed E-state index contributed by atoms with van der Waals surface area (Å²) in [5, 5.41) is 8.02. The zero-order valence-electron chi connectivity index (χ0n) is 17.7. The van der Waals surface area contributed by atoms with E-state index in [-0.39, 0.29) is 18.2 Å². The SMILES string of the molecule is COc1ccc2cc(CNc3ccc4c(c3)CN(C3CCC(=O)NC3=O)C4=O)ccc2c1. The van der Waals surface area contributed by atoms with E-state index in [1.165, 1.54) is 0 Å². The number of hydrogen-bond acceptors (Lipinski definition) is 5. The number of nitrogens with zero attached hydrogens (tertiary/aromatic N) is 1. The minimum absolute atomic E-state index is 0.161. The normalized spacial score (nSPS) is 18.0. The van der Waals surface area contributed by atoms with E-state index in [0.717, 1.165) is 33.3 Å². The first kappa shape index (κ1) is 20.1. The summed E-state index contributed by atoms with van der Waals surface area (Å²) in [4.78, 5) is 38.0. The average Bonchev–Trinajstić information content (AvgIpc) is 3.12. The Labute approximate surface area is 185 Å². The third-order valence-electron chi connectivity index (χ3n) is 6.13. The fourth-order valence-electron chi connectivity index (χ4n) is 4.40. The average molecular weight is 429 g/mol. The highest BCUT2D eigenvalue weighted by molar-refractivity contribution is 6.05. The smallest absolute Gasteiger partial charge is 0.255 e. The molecule has 1 unspecified atom stereocenters. The number of rotatable bonds is 5. The molecule has 1 fully saturated rings. The molecule has 2 aliphatic rings. The summed E-state index contributed by atoms with van der Waals surface area (Å²) in [5.74, 6) is -0.00202. The van der Waals surface area contributed by atoms with E-state index in [0.29, 0.717) is 25.1 Å². The maximum Gasteiger partial charge on any atom is 0.255 e. The van der Waals surface area contributed by atoms with Gasteiger partial charge in [-0.2, -0.15) is 0 Å². The molecule has 162 valence electrons. The summed E-state index contributed by atoms with van der Waals surface area (Å²) in [5.41, 5.74) is 3.55. The largest absolute Gasteiger partial charge is 0.497 e. The Morgan fingerprint density at radius 2 is 1.84 bits per heavy atom. The first-order chi connectivity index (χ1) is 15.5. The van der Waals surface area contributed by atoms with E-state index in [4.69, 9.17) is 4.74 Å². The third kappa shape index (κ3) is 3.66. The number of amides is 3. The van der Waals surface area contributed by atoms with Gasteiger partial charge in [-0.3, -0.25) is 19.7 Å². The highest BCUT2D eigenvalue weighted by Gasteiger charge is 2.39. The summed E-state index contributed by atoms with van der Waals surface area (Å²) in [6, 6.07) is 17.4. The van der Waals surface area contributed by atoms with E-state index in [1.54, 1.807) is 18.1 Å². The van der Waals surface area contributed by atoms with Crippen molar-refractivity contribution in [1.29, 1.82) is 0 Å². The van der Waals surface area contributed by atoms with Crippen LogP contribution < -0.4 is 15.4 Å². The Hall–Kier alpha value is -3.87. The number of carbonyl (C=O) groups is 3. The molecule has 0 radical (unpaired) electrons. The zero-order chi connectivity index (χ0) is 22.2. The van der Waals surface area contributed by atoms with Gasteiger partial charge < -0.3 is 15.0 Å². The second-order valence-electron chi connectivity index (χ2n) is 8.17. The lowest BCUT2D eigenvalue weighted by Crippen LogP contribution is -2.52. The van der Waals surface area contributed by atoms with Crippen LogP contribution in [-0.2, 0) is 22.7 Å². The first-order valence-corrected chi connectivity index (χ1v) is 10.6. The summed E-state index contributed by atoms with van der Waals surface area (Å²) in [6.07, 6.45) is 0.616. The number of benzene rings is 3. The van der Waals surface area contributed by atoms with Gasteiger partial charge in [0.05, 0.1) is 7.11 Å². The van der Waals surface area contributed by atoms with Crippen molar-refractivity contribution in [2.24, 2.45) is 0 Å². The molecule has 1 atom stereocenters. The van der Waals surface area contributed by atoms with Gasteiger partial charge in [0.15, 0.2) is 0 Å². The van der Waals surface area contributed by atoms with Crippen LogP contribution in [0.3, 0.4) is 0 Å². The fourth-order valence-corrected chi connectivity index (χ4v) is 4.40. The van der Waals surface area contributed by atoms with Crippen LogP contribution in [0.25, 0.3) is 10.8 Å². The van der Waals surface area contributed by atoms with Crippen molar-refractivity contribution >= 4 is 34.2 Å². The number of anilines is 1. The minimum Gasteiger partial charge on any atom is -0.497 e. The first-order valence-electron chi connectivity index (χ1n) is 10.6. The van der Waals surface area contributed by atoms with Gasteiger partial charge in [0, 0.05) is 30.8 Å². The van der Waals surface area contributed by atoms with Crippen LogP contribution in [0.15, 0.2) is 54.6 Å². The number of methoxy groups -OCH3 is 1. The number of nitrogens with one attached hydrogen (secondary N) is 2. The number of imide groups is 1. The van der Waals surface area contributed by atoms with Crippen LogP contribution in [0.5, 0.6) is 5.75 Å². The van der Waals surface area contributed by atoms with Gasteiger partial charge in [-0.25, -0.2) is 0 Å². The van der Waals surface area contributed by atoms with Crippen LogP contribution in [0.4, 0.5) is 5.69 Å². The lowest BCUT2D eigenvalue weighted by molar-refractivity contribution is -0.136. The minimum atomic E-state index is -0.597. The Kier molecular flexibility index (Phi) is 5.01.